The first kappa shape index (κ1) is 12.3. The summed E-state index contributed by atoms with van der Waals surface area (Å²) < 4.78 is 2.80. The first-order valence-electron chi connectivity index (χ1n) is 5.44. The van der Waals surface area contributed by atoms with Crippen LogP contribution in [0.15, 0.2) is 28.7 Å². The zero-order valence-electron chi connectivity index (χ0n) is 9.76. The van der Waals surface area contributed by atoms with E-state index in [9.17, 15) is 5.11 Å². The maximum absolute atomic E-state index is 9.25. The summed E-state index contributed by atoms with van der Waals surface area (Å²) in [5, 5.41) is 17.4. The molecule has 1 N–H and O–H groups in total. The third-order valence-electron chi connectivity index (χ3n) is 2.55. The first-order chi connectivity index (χ1) is 8.13. The van der Waals surface area contributed by atoms with Crippen LogP contribution in [0.1, 0.15) is 31.2 Å². The Morgan fingerprint density at radius 1 is 1.29 bits per heavy atom. The minimum atomic E-state index is -0.0793. The van der Waals surface area contributed by atoms with Gasteiger partial charge in [-0.15, -0.1) is 5.10 Å². The van der Waals surface area contributed by atoms with Gasteiger partial charge < -0.3 is 5.11 Å². The van der Waals surface area contributed by atoms with Crippen LogP contribution in [0.25, 0.3) is 5.69 Å². The third kappa shape index (κ3) is 2.40. The zero-order chi connectivity index (χ0) is 12.4. The number of hydrogen-bond donors (Lipinski definition) is 1. The molecule has 0 aliphatic heterocycles. The van der Waals surface area contributed by atoms with Crippen molar-refractivity contribution >= 4 is 15.9 Å². The largest absolute Gasteiger partial charge is 0.390 e. The van der Waals surface area contributed by atoms with E-state index in [4.69, 9.17) is 0 Å². The fourth-order valence-electron chi connectivity index (χ4n) is 1.78. The molecule has 0 bridgehead atoms. The fraction of sp³-hybridized carbons (Fsp3) is 0.333. The second-order valence-corrected chi connectivity index (χ2v) is 5.04. The molecular weight excluding hydrogens is 282 g/mol. The number of aromatic nitrogens is 3. The maximum Gasteiger partial charge on any atom is 0.112 e. The standard InChI is InChI=1S/C12H14BrN3O/c1-8(2)12-11(7-17)14-15-16(12)10-5-3-9(13)4-6-10/h3-6,8,17H,7H2,1-2H3. The summed E-state index contributed by atoms with van der Waals surface area (Å²) >= 11 is 3.40. The molecule has 0 radical (unpaired) electrons. The fourth-order valence-corrected chi connectivity index (χ4v) is 2.05. The summed E-state index contributed by atoms with van der Waals surface area (Å²) in [5.74, 6) is 0.260. The van der Waals surface area contributed by atoms with Crippen LogP contribution in [0.5, 0.6) is 0 Å². The Balaban J connectivity index is 2.51. The summed E-state index contributed by atoms with van der Waals surface area (Å²) in [6.07, 6.45) is 0. The number of halogens is 1. The van der Waals surface area contributed by atoms with Gasteiger partial charge in [-0.3, -0.25) is 0 Å². The lowest BCUT2D eigenvalue weighted by atomic mass is 10.1. The van der Waals surface area contributed by atoms with E-state index in [-0.39, 0.29) is 12.5 Å². The Morgan fingerprint density at radius 3 is 2.47 bits per heavy atom. The van der Waals surface area contributed by atoms with Crippen molar-refractivity contribution in [2.24, 2.45) is 0 Å². The minimum Gasteiger partial charge on any atom is -0.390 e. The molecule has 17 heavy (non-hydrogen) atoms. The van der Waals surface area contributed by atoms with E-state index < -0.39 is 0 Å². The average Bonchev–Trinajstić information content (AvgIpc) is 2.73. The van der Waals surface area contributed by atoms with Crippen molar-refractivity contribution < 1.29 is 5.11 Å². The van der Waals surface area contributed by atoms with Crippen molar-refractivity contribution in [1.82, 2.24) is 15.0 Å². The average molecular weight is 296 g/mol. The Morgan fingerprint density at radius 2 is 1.94 bits per heavy atom. The Hall–Kier alpha value is -1.20. The van der Waals surface area contributed by atoms with E-state index in [0.29, 0.717) is 5.69 Å². The van der Waals surface area contributed by atoms with Crippen LogP contribution in [-0.2, 0) is 6.61 Å². The molecule has 4 nitrogen and oxygen atoms in total. The smallest absolute Gasteiger partial charge is 0.112 e. The van der Waals surface area contributed by atoms with Crippen molar-refractivity contribution in [3.05, 3.63) is 40.1 Å². The molecular formula is C12H14BrN3O. The highest BCUT2D eigenvalue weighted by Crippen LogP contribution is 2.22. The normalized spacial score (nSPS) is 11.1. The van der Waals surface area contributed by atoms with Crippen LogP contribution in [0.2, 0.25) is 0 Å². The molecule has 0 amide bonds. The lowest BCUT2D eigenvalue weighted by Gasteiger charge is -2.10. The topological polar surface area (TPSA) is 50.9 Å². The summed E-state index contributed by atoms with van der Waals surface area (Å²) in [5.41, 5.74) is 2.54. The molecule has 1 aromatic carbocycles. The molecule has 1 aromatic heterocycles. The molecule has 2 aromatic rings. The van der Waals surface area contributed by atoms with Gasteiger partial charge in [0.15, 0.2) is 0 Å². The lowest BCUT2D eigenvalue weighted by molar-refractivity contribution is 0.275. The lowest BCUT2D eigenvalue weighted by Crippen LogP contribution is -2.05. The molecule has 0 aliphatic rings. The molecule has 0 saturated heterocycles. The van der Waals surface area contributed by atoms with Crippen molar-refractivity contribution in [2.45, 2.75) is 26.4 Å². The molecule has 1 heterocycles. The van der Waals surface area contributed by atoms with E-state index in [2.05, 4.69) is 40.1 Å². The van der Waals surface area contributed by atoms with Crippen LogP contribution in [0.4, 0.5) is 0 Å². The molecule has 0 spiro atoms. The summed E-state index contributed by atoms with van der Waals surface area (Å²) in [4.78, 5) is 0. The maximum atomic E-state index is 9.25. The second kappa shape index (κ2) is 4.98. The molecule has 0 atom stereocenters. The van der Waals surface area contributed by atoms with Gasteiger partial charge in [0.05, 0.1) is 18.0 Å². The van der Waals surface area contributed by atoms with Gasteiger partial charge in [0, 0.05) is 4.47 Å². The highest BCUT2D eigenvalue weighted by atomic mass is 79.9. The summed E-state index contributed by atoms with van der Waals surface area (Å²) in [6.45, 7) is 4.05. The number of rotatable bonds is 3. The van der Waals surface area contributed by atoms with Crippen LogP contribution in [0.3, 0.4) is 0 Å². The van der Waals surface area contributed by atoms with Gasteiger partial charge in [-0.1, -0.05) is 35.0 Å². The van der Waals surface area contributed by atoms with Crippen molar-refractivity contribution in [1.29, 1.82) is 0 Å². The Kier molecular flexibility index (Phi) is 3.59. The third-order valence-corrected chi connectivity index (χ3v) is 3.08. The number of hydrogen-bond acceptors (Lipinski definition) is 3. The van der Waals surface area contributed by atoms with E-state index >= 15 is 0 Å². The molecule has 0 unspecified atom stereocenters. The van der Waals surface area contributed by atoms with E-state index in [1.165, 1.54) is 0 Å². The van der Waals surface area contributed by atoms with Gasteiger partial charge in [-0.2, -0.15) is 0 Å². The van der Waals surface area contributed by atoms with Crippen molar-refractivity contribution in [3.63, 3.8) is 0 Å². The van der Waals surface area contributed by atoms with E-state index in [1.54, 1.807) is 4.68 Å². The van der Waals surface area contributed by atoms with Crippen LogP contribution in [0, 0.1) is 0 Å². The van der Waals surface area contributed by atoms with Gasteiger partial charge in [-0.05, 0) is 30.2 Å². The minimum absolute atomic E-state index is 0.0793. The first-order valence-corrected chi connectivity index (χ1v) is 6.24. The van der Waals surface area contributed by atoms with Crippen LogP contribution in [-0.4, -0.2) is 20.1 Å². The van der Waals surface area contributed by atoms with Crippen molar-refractivity contribution in [3.8, 4) is 5.69 Å². The summed E-state index contributed by atoms with van der Waals surface area (Å²) in [7, 11) is 0. The number of benzene rings is 1. The van der Waals surface area contributed by atoms with Crippen molar-refractivity contribution in [2.75, 3.05) is 0 Å². The van der Waals surface area contributed by atoms with Crippen LogP contribution >= 0.6 is 15.9 Å². The quantitative estimate of drug-likeness (QED) is 0.947. The van der Waals surface area contributed by atoms with Gasteiger partial charge in [-0.25, -0.2) is 4.68 Å². The van der Waals surface area contributed by atoms with E-state index in [0.717, 1.165) is 15.9 Å². The molecule has 90 valence electrons. The zero-order valence-corrected chi connectivity index (χ0v) is 11.3. The molecule has 2 rings (SSSR count). The number of aliphatic hydroxyl groups excluding tert-OH is 1. The predicted octanol–water partition coefficient (Wildman–Crippen LogP) is 2.65. The SMILES string of the molecule is CC(C)c1c(CO)nnn1-c1ccc(Br)cc1. The van der Waals surface area contributed by atoms with Gasteiger partial charge >= 0.3 is 0 Å². The highest BCUT2D eigenvalue weighted by Gasteiger charge is 2.16. The van der Waals surface area contributed by atoms with Gasteiger partial charge in [0.25, 0.3) is 0 Å². The molecule has 0 aliphatic carbocycles. The number of aliphatic hydroxyl groups is 1. The Labute approximate surface area is 108 Å². The highest BCUT2D eigenvalue weighted by molar-refractivity contribution is 9.10. The monoisotopic (exact) mass is 295 g/mol. The van der Waals surface area contributed by atoms with E-state index in [1.807, 2.05) is 24.3 Å². The molecule has 0 saturated carbocycles. The molecule has 0 fully saturated rings. The summed E-state index contributed by atoms with van der Waals surface area (Å²) in [6, 6.07) is 7.84. The Bertz CT molecular complexity index is 505. The molecule has 5 heteroatoms. The second-order valence-electron chi connectivity index (χ2n) is 4.12. The van der Waals surface area contributed by atoms with Gasteiger partial charge in [0.1, 0.15) is 5.69 Å². The van der Waals surface area contributed by atoms with Crippen LogP contribution < -0.4 is 0 Å². The predicted molar refractivity (Wildman–Crippen MR) is 69.1 cm³/mol. The number of nitrogens with zero attached hydrogens (tertiary/aromatic N) is 3. The van der Waals surface area contributed by atoms with Gasteiger partial charge in [0.2, 0.25) is 0 Å².